The molecule has 0 saturated carbocycles. The third-order valence-corrected chi connectivity index (χ3v) is 3.04. The highest BCUT2D eigenvalue weighted by Crippen LogP contribution is 2.29. The number of benzene rings is 2. The van der Waals surface area contributed by atoms with Crippen LogP contribution in [0.25, 0.3) is 10.8 Å². The largest absolute Gasteiger partial charge is 0.508 e. The first-order valence-electron chi connectivity index (χ1n) is 4.82. The topological polar surface area (TPSA) is 46.2 Å². The molecule has 2 rings (SSSR count). The van der Waals surface area contributed by atoms with Gasteiger partial charge in [-0.15, -0.1) is 0 Å². The fourth-order valence-corrected chi connectivity index (χ4v) is 2.24. The number of phenolic OH excluding ortho intramolecular Hbond substituents is 1. The molecule has 2 aromatic carbocycles. The van der Waals surface area contributed by atoms with Crippen molar-refractivity contribution in [1.29, 1.82) is 0 Å². The van der Waals surface area contributed by atoms with E-state index in [1.54, 1.807) is 12.1 Å². The first-order valence-corrected chi connectivity index (χ1v) is 5.61. The molecule has 0 aliphatic rings. The molecule has 2 aromatic rings. The minimum absolute atomic E-state index is 0.279. The number of hydrogen-bond donors (Lipinski definition) is 2. The van der Waals surface area contributed by atoms with Gasteiger partial charge in [0, 0.05) is 4.47 Å². The van der Waals surface area contributed by atoms with Gasteiger partial charge < -0.3 is 10.8 Å². The number of phenols is 1. The van der Waals surface area contributed by atoms with Crippen LogP contribution in [0.2, 0.25) is 0 Å². The highest BCUT2D eigenvalue weighted by molar-refractivity contribution is 9.10. The first kappa shape index (κ1) is 10.5. The molecule has 3 N–H and O–H groups in total. The van der Waals surface area contributed by atoms with E-state index in [9.17, 15) is 5.11 Å². The Morgan fingerprint density at radius 2 is 2.00 bits per heavy atom. The van der Waals surface area contributed by atoms with Crippen molar-refractivity contribution in [2.75, 3.05) is 6.54 Å². The minimum Gasteiger partial charge on any atom is -0.508 e. The normalized spacial score (nSPS) is 10.8. The molecule has 0 atom stereocenters. The maximum Gasteiger partial charge on any atom is 0.117 e. The molecule has 0 saturated heterocycles. The molecule has 0 spiro atoms. The molecule has 0 aromatic heterocycles. The van der Waals surface area contributed by atoms with Crippen molar-refractivity contribution in [3.05, 3.63) is 40.4 Å². The van der Waals surface area contributed by atoms with Crippen LogP contribution in [0.4, 0.5) is 0 Å². The Labute approximate surface area is 96.8 Å². The van der Waals surface area contributed by atoms with Crippen molar-refractivity contribution >= 4 is 26.7 Å². The fourth-order valence-electron chi connectivity index (χ4n) is 1.67. The molecule has 0 bridgehead atoms. The van der Waals surface area contributed by atoms with Crippen LogP contribution >= 0.6 is 15.9 Å². The van der Waals surface area contributed by atoms with Gasteiger partial charge in [0.15, 0.2) is 0 Å². The predicted molar refractivity (Wildman–Crippen MR) is 66.1 cm³/mol. The summed E-state index contributed by atoms with van der Waals surface area (Å²) in [5.74, 6) is 0.279. The molecule has 15 heavy (non-hydrogen) atoms. The lowest BCUT2D eigenvalue weighted by molar-refractivity contribution is 0.476. The zero-order valence-corrected chi connectivity index (χ0v) is 9.79. The summed E-state index contributed by atoms with van der Waals surface area (Å²) in [5.41, 5.74) is 6.73. The van der Waals surface area contributed by atoms with E-state index in [-0.39, 0.29) is 5.75 Å². The van der Waals surface area contributed by atoms with E-state index in [2.05, 4.69) is 22.0 Å². The van der Waals surface area contributed by atoms with Crippen LogP contribution in [-0.2, 0) is 6.42 Å². The Morgan fingerprint density at radius 3 is 2.73 bits per heavy atom. The van der Waals surface area contributed by atoms with Gasteiger partial charge in [-0.2, -0.15) is 0 Å². The lowest BCUT2D eigenvalue weighted by Gasteiger charge is -2.05. The minimum atomic E-state index is 0.279. The fraction of sp³-hybridized carbons (Fsp3) is 0.167. The highest BCUT2D eigenvalue weighted by Gasteiger charge is 2.02. The monoisotopic (exact) mass is 265 g/mol. The van der Waals surface area contributed by atoms with Crippen molar-refractivity contribution in [3.8, 4) is 5.75 Å². The van der Waals surface area contributed by atoms with E-state index in [0.717, 1.165) is 21.7 Å². The van der Waals surface area contributed by atoms with Crippen LogP contribution in [0.1, 0.15) is 5.56 Å². The maximum absolute atomic E-state index is 9.43. The molecule has 0 unspecified atom stereocenters. The number of halogens is 1. The van der Waals surface area contributed by atoms with Crippen molar-refractivity contribution < 1.29 is 5.11 Å². The first-order chi connectivity index (χ1) is 7.20. The molecule has 0 radical (unpaired) electrons. The van der Waals surface area contributed by atoms with Crippen molar-refractivity contribution in [3.63, 3.8) is 0 Å². The summed E-state index contributed by atoms with van der Waals surface area (Å²) in [7, 11) is 0. The summed E-state index contributed by atoms with van der Waals surface area (Å²) in [6, 6.07) is 9.61. The van der Waals surface area contributed by atoms with Gasteiger partial charge in [-0.1, -0.05) is 28.1 Å². The van der Waals surface area contributed by atoms with Gasteiger partial charge in [0.1, 0.15) is 5.75 Å². The summed E-state index contributed by atoms with van der Waals surface area (Å²) < 4.78 is 0.913. The number of fused-ring (bicyclic) bond motifs is 1. The Kier molecular flexibility index (Phi) is 2.93. The maximum atomic E-state index is 9.43. The molecule has 0 amide bonds. The average Bonchev–Trinajstić information content (AvgIpc) is 2.19. The molecular weight excluding hydrogens is 254 g/mol. The van der Waals surface area contributed by atoms with E-state index in [1.807, 2.05) is 12.1 Å². The highest BCUT2D eigenvalue weighted by atomic mass is 79.9. The second kappa shape index (κ2) is 4.21. The van der Waals surface area contributed by atoms with Gasteiger partial charge in [0.05, 0.1) is 0 Å². The van der Waals surface area contributed by atoms with Gasteiger partial charge in [-0.05, 0) is 47.5 Å². The van der Waals surface area contributed by atoms with Crippen molar-refractivity contribution in [2.45, 2.75) is 6.42 Å². The van der Waals surface area contributed by atoms with E-state index in [4.69, 9.17) is 5.73 Å². The van der Waals surface area contributed by atoms with Crippen LogP contribution in [0.3, 0.4) is 0 Å². The molecule has 78 valence electrons. The summed E-state index contributed by atoms with van der Waals surface area (Å²) in [6.45, 7) is 0.654. The van der Waals surface area contributed by atoms with Crippen LogP contribution in [0, 0.1) is 0 Å². The number of aromatic hydroxyl groups is 1. The van der Waals surface area contributed by atoms with E-state index < -0.39 is 0 Å². The zero-order valence-electron chi connectivity index (χ0n) is 8.20. The molecule has 0 heterocycles. The second-order valence-electron chi connectivity index (χ2n) is 3.52. The molecule has 2 nitrogen and oxygen atoms in total. The summed E-state index contributed by atoms with van der Waals surface area (Å²) in [6.07, 6.45) is 0.878. The Hall–Kier alpha value is -1.06. The zero-order chi connectivity index (χ0) is 10.8. The van der Waals surface area contributed by atoms with E-state index in [1.165, 1.54) is 5.56 Å². The lowest BCUT2D eigenvalue weighted by Crippen LogP contribution is -2.02. The van der Waals surface area contributed by atoms with E-state index >= 15 is 0 Å². The smallest absolute Gasteiger partial charge is 0.117 e. The Morgan fingerprint density at radius 1 is 1.20 bits per heavy atom. The molecule has 3 heteroatoms. The van der Waals surface area contributed by atoms with Crippen molar-refractivity contribution in [2.24, 2.45) is 5.73 Å². The molecule has 0 aliphatic carbocycles. The average molecular weight is 266 g/mol. The SMILES string of the molecule is NCCc1ccc2cc(O)cc(Br)c2c1. The molecular formula is C12H12BrNO. The van der Waals surface area contributed by atoms with E-state index in [0.29, 0.717) is 6.54 Å². The van der Waals surface area contributed by atoms with Crippen LogP contribution in [0.15, 0.2) is 34.8 Å². The number of nitrogens with two attached hydrogens (primary N) is 1. The van der Waals surface area contributed by atoms with Gasteiger partial charge in [0.2, 0.25) is 0 Å². The molecule has 0 aliphatic heterocycles. The van der Waals surface area contributed by atoms with Gasteiger partial charge in [-0.3, -0.25) is 0 Å². The second-order valence-corrected chi connectivity index (χ2v) is 4.38. The van der Waals surface area contributed by atoms with Crippen LogP contribution < -0.4 is 5.73 Å². The quantitative estimate of drug-likeness (QED) is 0.877. The third-order valence-electron chi connectivity index (χ3n) is 2.39. The van der Waals surface area contributed by atoms with Crippen LogP contribution in [0.5, 0.6) is 5.75 Å². The predicted octanol–water partition coefficient (Wildman–Crippen LogP) is 2.81. The third kappa shape index (κ3) is 2.13. The van der Waals surface area contributed by atoms with Crippen molar-refractivity contribution in [1.82, 2.24) is 0 Å². The number of hydrogen-bond acceptors (Lipinski definition) is 2. The molecule has 0 fully saturated rings. The van der Waals surface area contributed by atoms with Crippen LogP contribution in [-0.4, -0.2) is 11.7 Å². The standard InChI is InChI=1S/C12H12BrNO/c13-12-7-10(15)6-9-2-1-8(3-4-14)5-11(9)12/h1-2,5-7,15H,3-4,14H2. The van der Waals surface area contributed by atoms with Gasteiger partial charge >= 0.3 is 0 Å². The lowest BCUT2D eigenvalue weighted by atomic mass is 10.0. The summed E-state index contributed by atoms with van der Waals surface area (Å²) >= 11 is 3.44. The Balaban J connectivity index is 2.60. The summed E-state index contributed by atoms with van der Waals surface area (Å²) in [5, 5.41) is 11.6. The number of rotatable bonds is 2. The Bertz CT molecular complexity index is 496. The van der Waals surface area contributed by atoms with Gasteiger partial charge in [0.25, 0.3) is 0 Å². The van der Waals surface area contributed by atoms with Gasteiger partial charge in [-0.25, -0.2) is 0 Å². The summed E-state index contributed by atoms with van der Waals surface area (Å²) in [4.78, 5) is 0.